The van der Waals surface area contributed by atoms with Gasteiger partial charge in [0, 0.05) is 41.5 Å². The summed E-state index contributed by atoms with van der Waals surface area (Å²) in [5.74, 6) is -0.349. The highest BCUT2D eigenvalue weighted by Gasteiger charge is 2.06. The summed E-state index contributed by atoms with van der Waals surface area (Å²) in [4.78, 5) is 35.1. The van der Waals surface area contributed by atoms with Crippen molar-refractivity contribution >= 4 is 40.8 Å². The predicted molar refractivity (Wildman–Crippen MR) is 106 cm³/mol. The van der Waals surface area contributed by atoms with Gasteiger partial charge in [0.25, 0.3) is 5.91 Å². The first-order chi connectivity index (χ1) is 13.0. The third kappa shape index (κ3) is 6.99. The number of hydrogen-bond donors (Lipinski definition) is 4. The molecular formula is C19H21ClN4O3. The summed E-state index contributed by atoms with van der Waals surface area (Å²) >= 11 is 5.78. The van der Waals surface area contributed by atoms with Crippen LogP contribution >= 0.6 is 11.6 Å². The first-order valence-electron chi connectivity index (χ1n) is 8.46. The minimum absolute atomic E-state index is 0.0878. The van der Waals surface area contributed by atoms with E-state index in [1.165, 1.54) is 0 Å². The summed E-state index contributed by atoms with van der Waals surface area (Å²) in [6.45, 7) is 2.32. The van der Waals surface area contributed by atoms with Gasteiger partial charge in [-0.1, -0.05) is 18.5 Å². The average Bonchev–Trinajstić information content (AvgIpc) is 2.67. The van der Waals surface area contributed by atoms with Crippen molar-refractivity contribution < 1.29 is 14.4 Å². The Bertz CT molecular complexity index is 792. The van der Waals surface area contributed by atoms with E-state index in [0.717, 1.165) is 0 Å². The summed E-state index contributed by atoms with van der Waals surface area (Å²) in [7, 11) is 0. The van der Waals surface area contributed by atoms with Gasteiger partial charge in [0.2, 0.25) is 5.91 Å². The van der Waals surface area contributed by atoms with Crippen LogP contribution in [0, 0.1) is 0 Å². The van der Waals surface area contributed by atoms with Gasteiger partial charge in [-0.05, 0) is 48.5 Å². The van der Waals surface area contributed by atoms with Crippen molar-refractivity contribution in [1.29, 1.82) is 0 Å². The second-order valence-electron chi connectivity index (χ2n) is 5.62. The van der Waals surface area contributed by atoms with E-state index in [-0.39, 0.29) is 30.9 Å². The maximum Gasteiger partial charge on any atom is 0.319 e. The Balaban J connectivity index is 1.70. The lowest BCUT2D eigenvalue weighted by Gasteiger charge is -2.09. The number of amides is 4. The number of carbonyl (C=O) groups is 3. The Morgan fingerprint density at radius 2 is 1.37 bits per heavy atom. The molecule has 0 aliphatic rings. The van der Waals surface area contributed by atoms with E-state index in [1.807, 2.05) is 0 Å². The summed E-state index contributed by atoms with van der Waals surface area (Å²) in [5.41, 5.74) is 1.73. The molecule has 2 aromatic rings. The summed E-state index contributed by atoms with van der Waals surface area (Å²) < 4.78 is 0. The Morgan fingerprint density at radius 3 is 2.00 bits per heavy atom. The molecule has 8 heteroatoms. The molecular weight excluding hydrogens is 368 g/mol. The molecule has 0 heterocycles. The monoisotopic (exact) mass is 388 g/mol. The molecule has 0 aliphatic heterocycles. The van der Waals surface area contributed by atoms with E-state index in [4.69, 9.17) is 11.6 Å². The van der Waals surface area contributed by atoms with Crippen LogP contribution in [0.5, 0.6) is 0 Å². The second kappa shape index (κ2) is 10.2. The van der Waals surface area contributed by atoms with Crippen LogP contribution in [0.2, 0.25) is 5.02 Å². The molecule has 0 saturated heterocycles. The first kappa shape index (κ1) is 20.3. The summed E-state index contributed by atoms with van der Waals surface area (Å²) in [5, 5.41) is 11.3. The van der Waals surface area contributed by atoms with Crippen molar-refractivity contribution in [3.63, 3.8) is 0 Å². The van der Waals surface area contributed by atoms with Crippen molar-refractivity contribution in [1.82, 2.24) is 10.6 Å². The number of rotatable bonds is 7. The van der Waals surface area contributed by atoms with E-state index in [2.05, 4.69) is 21.3 Å². The van der Waals surface area contributed by atoms with Gasteiger partial charge in [0.05, 0.1) is 0 Å². The summed E-state index contributed by atoms with van der Waals surface area (Å²) in [6, 6.07) is 12.9. The molecule has 0 radical (unpaired) electrons. The lowest BCUT2D eigenvalue weighted by atomic mass is 10.2. The zero-order valence-corrected chi connectivity index (χ0v) is 15.6. The molecule has 7 nitrogen and oxygen atoms in total. The Labute approximate surface area is 162 Å². The molecule has 2 aromatic carbocycles. The van der Waals surface area contributed by atoms with Crippen molar-refractivity contribution in [3.05, 3.63) is 59.1 Å². The third-order valence-electron chi connectivity index (χ3n) is 3.55. The van der Waals surface area contributed by atoms with Crippen molar-refractivity contribution in [2.75, 3.05) is 23.7 Å². The van der Waals surface area contributed by atoms with Crippen LogP contribution in [0.25, 0.3) is 0 Å². The van der Waals surface area contributed by atoms with Gasteiger partial charge in [0.15, 0.2) is 0 Å². The van der Waals surface area contributed by atoms with E-state index in [9.17, 15) is 14.4 Å². The molecule has 0 unspecified atom stereocenters. The van der Waals surface area contributed by atoms with Crippen LogP contribution in [0.1, 0.15) is 23.7 Å². The highest BCUT2D eigenvalue weighted by atomic mass is 35.5. The van der Waals surface area contributed by atoms with Crippen molar-refractivity contribution in [2.24, 2.45) is 0 Å². The van der Waals surface area contributed by atoms with Crippen molar-refractivity contribution in [2.45, 2.75) is 13.3 Å². The standard InChI is InChI=1S/C19H21ClN4O3/c1-2-17(25)23-15-7-3-13(4-8-15)18(26)21-11-12-22-19(27)24-16-9-5-14(20)6-10-16/h3-10H,2,11-12H2,1H3,(H,21,26)(H,23,25)(H2,22,24,27). The number of benzene rings is 2. The number of hydrogen-bond acceptors (Lipinski definition) is 3. The SMILES string of the molecule is CCC(=O)Nc1ccc(C(=O)NCCNC(=O)Nc2ccc(Cl)cc2)cc1. The number of anilines is 2. The Morgan fingerprint density at radius 1 is 0.815 bits per heavy atom. The number of urea groups is 1. The molecule has 0 aromatic heterocycles. The van der Waals surface area contributed by atoms with Crippen LogP contribution in [-0.4, -0.2) is 30.9 Å². The normalized spacial score (nSPS) is 10.0. The lowest BCUT2D eigenvalue weighted by molar-refractivity contribution is -0.115. The van der Waals surface area contributed by atoms with Crippen LogP contribution in [0.15, 0.2) is 48.5 Å². The largest absolute Gasteiger partial charge is 0.350 e. The maximum absolute atomic E-state index is 12.1. The molecule has 0 aliphatic carbocycles. The van der Waals surface area contributed by atoms with Crippen LogP contribution in [-0.2, 0) is 4.79 Å². The van der Waals surface area contributed by atoms with E-state index < -0.39 is 0 Å². The fraction of sp³-hybridized carbons (Fsp3) is 0.211. The first-order valence-corrected chi connectivity index (χ1v) is 8.84. The van der Waals surface area contributed by atoms with Crippen LogP contribution < -0.4 is 21.3 Å². The van der Waals surface area contributed by atoms with Gasteiger partial charge < -0.3 is 21.3 Å². The van der Waals surface area contributed by atoms with E-state index in [1.54, 1.807) is 55.5 Å². The van der Waals surface area contributed by atoms with Gasteiger partial charge in [-0.25, -0.2) is 4.79 Å². The quantitative estimate of drug-likeness (QED) is 0.548. The molecule has 27 heavy (non-hydrogen) atoms. The predicted octanol–water partition coefficient (Wildman–Crippen LogP) is 3.24. The van der Waals surface area contributed by atoms with Gasteiger partial charge in [-0.2, -0.15) is 0 Å². The Hall–Kier alpha value is -3.06. The molecule has 4 amide bonds. The summed E-state index contributed by atoms with van der Waals surface area (Å²) in [6.07, 6.45) is 0.390. The molecule has 0 fully saturated rings. The smallest absolute Gasteiger partial charge is 0.319 e. The van der Waals surface area contributed by atoms with Gasteiger partial charge >= 0.3 is 6.03 Å². The zero-order valence-electron chi connectivity index (χ0n) is 14.8. The van der Waals surface area contributed by atoms with E-state index >= 15 is 0 Å². The van der Waals surface area contributed by atoms with Gasteiger partial charge in [-0.15, -0.1) is 0 Å². The second-order valence-corrected chi connectivity index (χ2v) is 6.06. The van der Waals surface area contributed by atoms with Gasteiger partial charge in [0.1, 0.15) is 0 Å². The van der Waals surface area contributed by atoms with Crippen LogP contribution in [0.4, 0.5) is 16.2 Å². The highest BCUT2D eigenvalue weighted by molar-refractivity contribution is 6.30. The molecule has 0 bridgehead atoms. The van der Waals surface area contributed by atoms with Crippen LogP contribution in [0.3, 0.4) is 0 Å². The molecule has 0 spiro atoms. The molecule has 2 rings (SSSR count). The third-order valence-corrected chi connectivity index (χ3v) is 3.80. The molecule has 142 valence electrons. The zero-order chi connectivity index (χ0) is 19.6. The molecule has 4 N–H and O–H groups in total. The van der Waals surface area contributed by atoms with Crippen molar-refractivity contribution in [3.8, 4) is 0 Å². The minimum Gasteiger partial charge on any atom is -0.350 e. The van der Waals surface area contributed by atoms with Gasteiger partial charge in [-0.3, -0.25) is 9.59 Å². The fourth-order valence-electron chi connectivity index (χ4n) is 2.12. The molecule has 0 saturated carbocycles. The maximum atomic E-state index is 12.1. The topological polar surface area (TPSA) is 99.3 Å². The highest BCUT2D eigenvalue weighted by Crippen LogP contribution is 2.13. The number of halogens is 1. The fourth-order valence-corrected chi connectivity index (χ4v) is 2.24. The minimum atomic E-state index is -0.373. The lowest BCUT2D eigenvalue weighted by Crippen LogP contribution is -2.36. The van der Waals surface area contributed by atoms with E-state index in [0.29, 0.717) is 28.4 Å². The molecule has 0 atom stereocenters. The average molecular weight is 389 g/mol. The Kier molecular flexibility index (Phi) is 7.63. The number of carbonyl (C=O) groups excluding carboxylic acids is 3. The number of nitrogens with one attached hydrogen (secondary N) is 4.